The first kappa shape index (κ1) is 10.7. The van der Waals surface area contributed by atoms with Gasteiger partial charge in [0.15, 0.2) is 0 Å². The van der Waals surface area contributed by atoms with E-state index < -0.39 is 0 Å². The van der Waals surface area contributed by atoms with E-state index in [0.717, 1.165) is 17.5 Å². The molecule has 1 rings (SSSR count). The zero-order valence-corrected chi connectivity index (χ0v) is 8.33. The van der Waals surface area contributed by atoms with Gasteiger partial charge >= 0.3 is 0 Å². The lowest BCUT2D eigenvalue weighted by Crippen LogP contribution is -2.22. The van der Waals surface area contributed by atoms with E-state index in [4.69, 9.17) is 16.7 Å². The van der Waals surface area contributed by atoms with Crippen molar-refractivity contribution in [2.24, 2.45) is 11.5 Å². The molecule has 0 aliphatic heterocycles. The SMILES string of the molecule is CCc1cc(C#N)ccc1[C@@H](N)CN. The molecule has 0 aliphatic rings. The fourth-order valence-corrected chi connectivity index (χ4v) is 1.47. The smallest absolute Gasteiger partial charge is 0.0991 e. The summed E-state index contributed by atoms with van der Waals surface area (Å²) in [6, 6.07) is 7.55. The first-order valence-electron chi connectivity index (χ1n) is 4.71. The molecule has 0 aliphatic carbocycles. The molecule has 1 aromatic carbocycles. The first-order chi connectivity index (χ1) is 6.72. The van der Waals surface area contributed by atoms with E-state index in [1.54, 1.807) is 6.07 Å². The molecule has 0 saturated heterocycles. The molecule has 3 heteroatoms. The van der Waals surface area contributed by atoms with Gasteiger partial charge < -0.3 is 11.5 Å². The lowest BCUT2D eigenvalue weighted by Gasteiger charge is -2.13. The van der Waals surface area contributed by atoms with Gasteiger partial charge in [-0.25, -0.2) is 0 Å². The molecular formula is C11H15N3. The number of hydrogen-bond acceptors (Lipinski definition) is 3. The second-order valence-corrected chi connectivity index (χ2v) is 3.22. The molecule has 3 nitrogen and oxygen atoms in total. The zero-order chi connectivity index (χ0) is 10.6. The van der Waals surface area contributed by atoms with Gasteiger partial charge in [-0.15, -0.1) is 0 Å². The monoisotopic (exact) mass is 189 g/mol. The number of rotatable bonds is 3. The van der Waals surface area contributed by atoms with Crippen LogP contribution in [-0.2, 0) is 6.42 Å². The van der Waals surface area contributed by atoms with E-state index in [1.807, 2.05) is 19.1 Å². The van der Waals surface area contributed by atoms with Crippen LogP contribution < -0.4 is 11.5 Å². The van der Waals surface area contributed by atoms with Crippen LogP contribution in [0.5, 0.6) is 0 Å². The highest BCUT2D eigenvalue weighted by Gasteiger charge is 2.08. The summed E-state index contributed by atoms with van der Waals surface area (Å²) in [4.78, 5) is 0. The molecule has 14 heavy (non-hydrogen) atoms. The standard InChI is InChI=1S/C11H15N3/c1-2-9-5-8(6-12)3-4-10(9)11(14)7-13/h3-5,11H,2,7,13-14H2,1H3/t11-/m0/s1. The fourth-order valence-electron chi connectivity index (χ4n) is 1.47. The highest BCUT2D eigenvalue weighted by atomic mass is 14.7. The summed E-state index contributed by atoms with van der Waals surface area (Å²) in [5, 5.41) is 8.74. The Balaban J connectivity index is 3.13. The average molecular weight is 189 g/mol. The maximum absolute atomic E-state index is 8.74. The van der Waals surface area contributed by atoms with Gasteiger partial charge in [0.05, 0.1) is 11.6 Å². The molecule has 0 radical (unpaired) electrons. The molecular weight excluding hydrogens is 174 g/mol. The van der Waals surface area contributed by atoms with Crippen molar-refractivity contribution in [3.63, 3.8) is 0 Å². The van der Waals surface area contributed by atoms with Crippen molar-refractivity contribution in [3.8, 4) is 6.07 Å². The highest BCUT2D eigenvalue weighted by Crippen LogP contribution is 2.17. The van der Waals surface area contributed by atoms with E-state index >= 15 is 0 Å². The minimum absolute atomic E-state index is 0.127. The third-order valence-corrected chi connectivity index (χ3v) is 2.31. The van der Waals surface area contributed by atoms with E-state index in [1.165, 1.54) is 0 Å². The third kappa shape index (κ3) is 2.11. The Kier molecular flexibility index (Phi) is 3.63. The molecule has 0 saturated carbocycles. The summed E-state index contributed by atoms with van der Waals surface area (Å²) in [6.45, 7) is 2.47. The average Bonchev–Trinajstić information content (AvgIpc) is 2.27. The number of benzene rings is 1. The fraction of sp³-hybridized carbons (Fsp3) is 0.364. The van der Waals surface area contributed by atoms with Crippen molar-refractivity contribution in [2.75, 3.05) is 6.54 Å². The third-order valence-electron chi connectivity index (χ3n) is 2.31. The Bertz CT molecular complexity index is 352. The number of nitriles is 1. The van der Waals surface area contributed by atoms with Crippen LogP contribution in [0.3, 0.4) is 0 Å². The second-order valence-electron chi connectivity index (χ2n) is 3.22. The van der Waals surface area contributed by atoms with Crippen LogP contribution in [0.2, 0.25) is 0 Å². The van der Waals surface area contributed by atoms with Gasteiger partial charge in [-0.2, -0.15) is 5.26 Å². The summed E-state index contributed by atoms with van der Waals surface area (Å²) in [5.74, 6) is 0. The van der Waals surface area contributed by atoms with Gasteiger partial charge in [0.1, 0.15) is 0 Å². The van der Waals surface area contributed by atoms with E-state index in [9.17, 15) is 0 Å². The van der Waals surface area contributed by atoms with Gasteiger partial charge in [0.2, 0.25) is 0 Å². The molecule has 0 unspecified atom stereocenters. The Labute approximate surface area is 84.3 Å². The Morgan fingerprint density at radius 1 is 1.50 bits per heavy atom. The van der Waals surface area contributed by atoms with Gasteiger partial charge in [0.25, 0.3) is 0 Å². The van der Waals surface area contributed by atoms with E-state index in [-0.39, 0.29) is 6.04 Å². The van der Waals surface area contributed by atoms with Crippen molar-refractivity contribution in [1.82, 2.24) is 0 Å². The quantitative estimate of drug-likeness (QED) is 0.747. The molecule has 0 spiro atoms. The Hall–Kier alpha value is -1.37. The molecule has 4 N–H and O–H groups in total. The summed E-state index contributed by atoms with van der Waals surface area (Å²) >= 11 is 0. The maximum Gasteiger partial charge on any atom is 0.0991 e. The number of nitrogens with zero attached hydrogens (tertiary/aromatic N) is 1. The molecule has 1 aromatic rings. The van der Waals surface area contributed by atoms with Crippen LogP contribution in [-0.4, -0.2) is 6.54 Å². The molecule has 0 amide bonds. The minimum Gasteiger partial charge on any atom is -0.329 e. The Morgan fingerprint density at radius 3 is 2.71 bits per heavy atom. The van der Waals surface area contributed by atoms with Gasteiger partial charge in [0, 0.05) is 12.6 Å². The zero-order valence-electron chi connectivity index (χ0n) is 8.33. The number of hydrogen-bond donors (Lipinski definition) is 2. The predicted molar refractivity (Wildman–Crippen MR) is 56.5 cm³/mol. The molecule has 1 atom stereocenters. The highest BCUT2D eigenvalue weighted by molar-refractivity contribution is 5.39. The molecule has 0 bridgehead atoms. The van der Waals surface area contributed by atoms with Crippen LogP contribution in [0.25, 0.3) is 0 Å². The summed E-state index contributed by atoms with van der Waals surface area (Å²) in [5.41, 5.74) is 14.2. The van der Waals surface area contributed by atoms with Crippen molar-refractivity contribution in [1.29, 1.82) is 5.26 Å². The van der Waals surface area contributed by atoms with Crippen LogP contribution in [0, 0.1) is 11.3 Å². The van der Waals surface area contributed by atoms with Crippen molar-refractivity contribution in [3.05, 3.63) is 34.9 Å². The predicted octanol–water partition coefficient (Wildman–Crippen LogP) is 1.08. The minimum atomic E-state index is -0.127. The summed E-state index contributed by atoms with van der Waals surface area (Å²) in [7, 11) is 0. The molecule has 74 valence electrons. The first-order valence-corrected chi connectivity index (χ1v) is 4.71. The topological polar surface area (TPSA) is 75.8 Å². The van der Waals surface area contributed by atoms with E-state index in [2.05, 4.69) is 6.07 Å². The van der Waals surface area contributed by atoms with Crippen molar-refractivity contribution in [2.45, 2.75) is 19.4 Å². The lowest BCUT2D eigenvalue weighted by atomic mass is 9.97. The molecule has 0 fully saturated rings. The largest absolute Gasteiger partial charge is 0.329 e. The maximum atomic E-state index is 8.74. The number of aryl methyl sites for hydroxylation is 1. The summed E-state index contributed by atoms with van der Waals surface area (Å²) < 4.78 is 0. The molecule has 0 heterocycles. The van der Waals surface area contributed by atoms with Crippen molar-refractivity contribution < 1.29 is 0 Å². The summed E-state index contributed by atoms with van der Waals surface area (Å²) in [6.07, 6.45) is 0.874. The van der Waals surface area contributed by atoms with Gasteiger partial charge in [-0.3, -0.25) is 0 Å². The second kappa shape index (κ2) is 4.75. The van der Waals surface area contributed by atoms with Gasteiger partial charge in [-0.1, -0.05) is 13.0 Å². The van der Waals surface area contributed by atoms with Crippen LogP contribution >= 0.6 is 0 Å². The van der Waals surface area contributed by atoms with Gasteiger partial charge in [-0.05, 0) is 29.7 Å². The van der Waals surface area contributed by atoms with E-state index in [0.29, 0.717) is 12.1 Å². The van der Waals surface area contributed by atoms with Crippen LogP contribution in [0.1, 0.15) is 29.7 Å². The van der Waals surface area contributed by atoms with Crippen LogP contribution in [0.4, 0.5) is 0 Å². The Morgan fingerprint density at radius 2 is 2.21 bits per heavy atom. The molecule has 0 aromatic heterocycles. The lowest BCUT2D eigenvalue weighted by molar-refractivity contribution is 0.726. The van der Waals surface area contributed by atoms with Crippen LogP contribution in [0.15, 0.2) is 18.2 Å². The normalized spacial score (nSPS) is 12.1. The number of nitrogens with two attached hydrogens (primary N) is 2. The van der Waals surface area contributed by atoms with Crippen molar-refractivity contribution >= 4 is 0 Å².